The second-order valence-corrected chi connectivity index (χ2v) is 4.93. The molecule has 1 aliphatic rings. The van der Waals surface area contributed by atoms with Gasteiger partial charge in [-0.15, -0.1) is 0 Å². The zero-order chi connectivity index (χ0) is 13.7. The third-order valence-corrected chi connectivity index (χ3v) is 3.17. The zero-order valence-corrected chi connectivity index (χ0v) is 11.5. The van der Waals surface area contributed by atoms with Gasteiger partial charge in [-0.3, -0.25) is 9.69 Å². The molecular weight excluding hydrogens is 246 g/mol. The third-order valence-electron chi connectivity index (χ3n) is 3.17. The van der Waals surface area contributed by atoms with Crippen molar-refractivity contribution in [3.8, 4) is 0 Å². The van der Waals surface area contributed by atoms with Gasteiger partial charge < -0.3 is 14.5 Å². The summed E-state index contributed by atoms with van der Waals surface area (Å²) in [7, 11) is 0. The lowest BCUT2D eigenvalue weighted by Gasteiger charge is -2.26. The van der Waals surface area contributed by atoms with Crippen LogP contribution in [-0.4, -0.2) is 55.2 Å². The van der Waals surface area contributed by atoms with Gasteiger partial charge >= 0.3 is 0 Å². The number of amides is 1. The van der Waals surface area contributed by atoms with Crippen molar-refractivity contribution in [2.75, 3.05) is 39.4 Å². The van der Waals surface area contributed by atoms with Crippen molar-refractivity contribution in [2.24, 2.45) is 0 Å². The lowest BCUT2D eigenvalue weighted by Crippen LogP contribution is -2.41. The largest absolute Gasteiger partial charge is 0.438 e. The maximum Gasteiger partial charge on any atom is 0.289 e. The van der Waals surface area contributed by atoms with E-state index in [2.05, 4.69) is 15.2 Å². The van der Waals surface area contributed by atoms with E-state index in [4.69, 9.17) is 9.15 Å². The second kappa shape index (κ2) is 6.68. The van der Waals surface area contributed by atoms with E-state index in [9.17, 15) is 4.79 Å². The van der Waals surface area contributed by atoms with Crippen molar-refractivity contribution in [1.29, 1.82) is 0 Å². The molecule has 19 heavy (non-hydrogen) atoms. The number of rotatable bonds is 5. The summed E-state index contributed by atoms with van der Waals surface area (Å²) in [6.45, 7) is 8.81. The first-order valence-electron chi connectivity index (χ1n) is 6.70. The van der Waals surface area contributed by atoms with Gasteiger partial charge in [0.2, 0.25) is 5.76 Å². The fourth-order valence-electron chi connectivity index (χ4n) is 2.07. The summed E-state index contributed by atoms with van der Waals surface area (Å²) in [6.07, 6.45) is 1.33. The Morgan fingerprint density at radius 2 is 2.21 bits per heavy atom. The van der Waals surface area contributed by atoms with Gasteiger partial charge in [0.1, 0.15) is 0 Å². The topological polar surface area (TPSA) is 67.6 Å². The second-order valence-electron chi connectivity index (χ2n) is 4.93. The Hall–Kier alpha value is -1.40. The number of ether oxygens (including phenoxy) is 1. The van der Waals surface area contributed by atoms with Crippen molar-refractivity contribution in [3.05, 3.63) is 17.8 Å². The minimum Gasteiger partial charge on any atom is -0.438 e. The molecule has 0 spiro atoms. The van der Waals surface area contributed by atoms with Gasteiger partial charge in [0.05, 0.1) is 18.9 Å². The molecule has 2 rings (SSSR count). The molecule has 1 saturated heterocycles. The molecule has 1 aliphatic heterocycles. The maximum atomic E-state index is 12.0. The molecule has 0 saturated carbocycles. The number of hydrogen-bond donors (Lipinski definition) is 1. The van der Waals surface area contributed by atoms with Crippen molar-refractivity contribution in [2.45, 2.75) is 19.8 Å². The van der Waals surface area contributed by atoms with Crippen molar-refractivity contribution >= 4 is 5.91 Å². The van der Waals surface area contributed by atoms with Gasteiger partial charge in [0.25, 0.3) is 5.91 Å². The molecule has 2 heterocycles. The lowest BCUT2D eigenvalue weighted by molar-refractivity contribution is 0.0382. The molecule has 106 valence electrons. The lowest BCUT2D eigenvalue weighted by atomic mass is 10.1. The molecule has 1 aromatic rings. The molecule has 0 aromatic carbocycles. The smallest absolute Gasteiger partial charge is 0.289 e. The van der Waals surface area contributed by atoms with Crippen molar-refractivity contribution < 1.29 is 13.9 Å². The van der Waals surface area contributed by atoms with Crippen LogP contribution in [0.2, 0.25) is 0 Å². The third kappa shape index (κ3) is 3.78. The normalized spacial score (nSPS) is 16.8. The van der Waals surface area contributed by atoms with Crippen LogP contribution in [0.4, 0.5) is 0 Å². The zero-order valence-electron chi connectivity index (χ0n) is 11.5. The summed E-state index contributed by atoms with van der Waals surface area (Å²) >= 11 is 0. The fraction of sp³-hybridized carbons (Fsp3) is 0.692. The standard InChI is InChI=1S/C13H21N3O3/c1-10(2)11-12(19-9-15-11)13(17)14-3-4-16-5-7-18-8-6-16/h9-10H,3-8H2,1-2H3,(H,14,17). The average molecular weight is 267 g/mol. The van der Waals surface area contributed by atoms with Crippen LogP contribution in [0.5, 0.6) is 0 Å². The van der Waals surface area contributed by atoms with Crippen LogP contribution in [0.25, 0.3) is 0 Å². The van der Waals surface area contributed by atoms with Gasteiger partial charge in [-0.1, -0.05) is 13.8 Å². The van der Waals surface area contributed by atoms with Crippen LogP contribution in [0.3, 0.4) is 0 Å². The van der Waals surface area contributed by atoms with E-state index >= 15 is 0 Å². The van der Waals surface area contributed by atoms with E-state index in [0.717, 1.165) is 32.8 Å². The minimum atomic E-state index is -0.186. The van der Waals surface area contributed by atoms with Gasteiger partial charge in [-0.05, 0) is 5.92 Å². The van der Waals surface area contributed by atoms with Crippen LogP contribution in [-0.2, 0) is 4.74 Å². The molecule has 6 heteroatoms. The molecule has 1 amide bonds. The predicted octanol–water partition coefficient (Wildman–Crippen LogP) is 0.860. The summed E-state index contributed by atoms with van der Waals surface area (Å²) < 4.78 is 10.4. The number of hydrogen-bond acceptors (Lipinski definition) is 5. The summed E-state index contributed by atoms with van der Waals surface area (Å²) in [5.41, 5.74) is 0.712. The SMILES string of the molecule is CC(C)c1ncoc1C(=O)NCCN1CCOCC1. The number of morpholine rings is 1. The van der Waals surface area contributed by atoms with Crippen LogP contribution >= 0.6 is 0 Å². The van der Waals surface area contributed by atoms with E-state index < -0.39 is 0 Å². The summed E-state index contributed by atoms with van der Waals surface area (Å²) in [4.78, 5) is 18.3. The predicted molar refractivity (Wildman–Crippen MR) is 70.2 cm³/mol. The Kier molecular flexibility index (Phi) is 4.93. The summed E-state index contributed by atoms with van der Waals surface area (Å²) in [6, 6.07) is 0. The number of aromatic nitrogens is 1. The van der Waals surface area contributed by atoms with Gasteiger partial charge in [-0.25, -0.2) is 4.98 Å². The molecule has 6 nitrogen and oxygen atoms in total. The van der Waals surface area contributed by atoms with Crippen LogP contribution in [0.15, 0.2) is 10.8 Å². The highest BCUT2D eigenvalue weighted by Gasteiger charge is 2.19. The molecule has 0 bridgehead atoms. The molecule has 0 aliphatic carbocycles. The Balaban J connectivity index is 1.79. The number of carbonyl (C=O) groups is 1. The highest BCUT2D eigenvalue weighted by molar-refractivity contribution is 5.92. The first-order valence-corrected chi connectivity index (χ1v) is 6.70. The Bertz CT molecular complexity index is 411. The molecule has 0 radical (unpaired) electrons. The summed E-state index contributed by atoms with van der Waals surface area (Å²) in [5, 5.41) is 2.87. The van der Waals surface area contributed by atoms with E-state index in [1.807, 2.05) is 13.8 Å². The van der Waals surface area contributed by atoms with Crippen molar-refractivity contribution in [3.63, 3.8) is 0 Å². The highest BCUT2D eigenvalue weighted by atomic mass is 16.5. The Morgan fingerprint density at radius 3 is 2.89 bits per heavy atom. The first kappa shape index (κ1) is 14.0. The number of carbonyl (C=O) groups excluding carboxylic acids is 1. The average Bonchev–Trinajstić information content (AvgIpc) is 2.89. The summed E-state index contributed by atoms with van der Waals surface area (Å²) in [5.74, 6) is 0.324. The number of nitrogens with one attached hydrogen (secondary N) is 1. The Morgan fingerprint density at radius 1 is 1.47 bits per heavy atom. The van der Waals surface area contributed by atoms with E-state index in [0.29, 0.717) is 18.0 Å². The molecule has 1 N–H and O–H groups in total. The minimum absolute atomic E-state index is 0.179. The van der Waals surface area contributed by atoms with Crippen molar-refractivity contribution in [1.82, 2.24) is 15.2 Å². The van der Waals surface area contributed by atoms with Gasteiger partial charge in [0.15, 0.2) is 6.39 Å². The number of nitrogens with zero attached hydrogens (tertiary/aromatic N) is 2. The quantitative estimate of drug-likeness (QED) is 0.857. The van der Waals surface area contributed by atoms with Crippen LogP contribution < -0.4 is 5.32 Å². The highest BCUT2D eigenvalue weighted by Crippen LogP contribution is 2.17. The van der Waals surface area contributed by atoms with E-state index in [1.54, 1.807) is 0 Å². The molecular formula is C13H21N3O3. The molecule has 0 unspecified atom stereocenters. The van der Waals surface area contributed by atoms with E-state index in [-0.39, 0.29) is 11.8 Å². The van der Waals surface area contributed by atoms with E-state index in [1.165, 1.54) is 6.39 Å². The molecule has 1 aromatic heterocycles. The number of oxazole rings is 1. The van der Waals surface area contributed by atoms with Gasteiger partial charge in [0, 0.05) is 26.2 Å². The van der Waals surface area contributed by atoms with Crippen LogP contribution in [0, 0.1) is 0 Å². The first-order chi connectivity index (χ1) is 9.18. The molecule has 1 fully saturated rings. The fourth-order valence-corrected chi connectivity index (χ4v) is 2.07. The molecule has 0 atom stereocenters. The Labute approximate surface area is 113 Å². The maximum absolute atomic E-state index is 12.0. The van der Waals surface area contributed by atoms with Crippen LogP contribution in [0.1, 0.15) is 36.0 Å². The monoisotopic (exact) mass is 267 g/mol. The van der Waals surface area contributed by atoms with Gasteiger partial charge in [-0.2, -0.15) is 0 Å².